The first-order valence-electron chi connectivity index (χ1n) is 3.90. The predicted molar refractivity (Wildman–Crippen MR) is 45.0 cm³/mol. The highest BCUT2D eigenvalue weighted by Crippen LogP contribution is 2.15. The summed E-state index contributed by atoms with van der Waals surface area (Å²) in [5.74, 6) is -0.400. The Hall–Kier alpha value is -1.13. The second-order valence-corrected chi connectivity index (χ2v) is 2.58. The molecule has 0 saturated carbocycles. The van der Waals surface area contributed by atoms with Crippen molar-refractivity contribution in [3.05, 3.63) is 30.1 Å². The Morgan fingerprint density at radius 2 is 2.08 bits per heavy atom. The van der Waals surface area contributed by atoms with Gasteiger partial charge in [0, 0.05) is 0 Å². The molecule has 0 bridgehead atoms. The summed E-state index contributed by atoms with van der Waals surface area (Å²) in [6.45, 7) is -0.508. The van der Waals surface area contributed by atoms with Gasteiger partial charge in [-0.25, -0.2) is 4.39 Å². The second kappa shape index (κ2) is 4.79. The lowest BCUT2D eigenvalue weighted by atomic mass is 10.3. The summed E-state index contributed by atoms with van der Waals surface area (Å²) >= 11 is 0. The van der Waals surface area contributed by atoms with Crippen LogP contribution in [0.1, 0.15) is 0 Å². The Morgan fingerprint density at radius 3 is 2.69 bits per heavy atom. The van der Waals surface area contributed by atoms with Gasteiger partial charge in [0.25, 0.3) is 0 Å². The van der Waals surface area contributed by atoms with Gasteiger partial charge in [-0.05, 0) is 12.1 Å². The molecule has 4 heteroatoms. The third-order valence-electron chi connectivity index (χ3n) is 1.48. The lowest BCUT2D eigenvalue weighted by Gasteiger charge is -2.09. The number of benzene rings is 1. The lowest BCUT2D eigenvalue weighted by Crippen LogP contribution is -2.21. The first kappa shape index (κ1) is 9.95. The number of rotatable bonds is 4. The van der Waals surface area contributed by atoms with Crippen molar-refractivity contribution in [3.8, 4) is 5.75 Å². The van der Waals surface area contributed by atoms with E-state index < -0.39 is 18.5 Å². The minimum atomic E-state index is -0.973. The van der Waals surface area contributed by atoms with Gasteiger partial charge < -0.3 is 14.9 Å². The van der Waals surface area contributed by atoms with Crippen molar-refractivity contribution in [2.45, 2.75) is 6.10 Å². The topological polar surface area (TPSA) is 49.7 Å². The monoisotopic (exact) mass is 186 g/mol. The Labute approximate surface area is 75.4 Å². The molecule has 1 aromatic carbocycles. The van der Waals surface area contributed by atoms with E-state index in [1.807, 2.05) is 0 Å². The molecule has 72 valence electrons. The number of hydrogen-bond donors (Lipinski definition) is 2. The third-order valence-corrected chi connectivity index (χ3v) is 1.48. The predicted octanol–water partition coefficient (Wildman–Crippen LogP) is 0.558. The van der Waals surface area contributed by atoms with Gasteiger partial charge in [0.05, 0.1) is 6.61 Å². The third kappa shape index (κ3) is 3.01. The van der Waals surface area contributed by atoms with Crippen molar-refractivity contribution in [1.82, 2.24) is 0 Å². The maximum atomic E-state index is 12.9. The quantitative estimate of drug-likeness (QED) is 0.722. The van der Waals surface area contributed by atoms with Gasteiger partial charge >= 0.3 is 0 Å². The molecule has 0 aliphatic rings. The highest BCUT2D eigenvalue weighted by atomic mass is 19.1. The molecular formula is C9H11FO3. The van der Waals surface area contributed by atoms with Crippen LogP contribution < -0.4 is 4.74 Å². The minimum Gasteiger partial charge on any atom is -0.488 e. The van der Waals surface area contributed by atoms with Crippen molar-refractivity contribution in [2.75, 3.05) is 13.2 Å². The van der Waals surface area contributed by atoms with Crippen LogP contribution in [0.15, 0.2) is 24.3 Å². The molecule has 0 aromatic heterocycles. The molecule has 13 heavy (non-hydrogen) atoms. The maximum Gasteiger partial charge on any atom is 0.165 e. The van der Waals surface area contributed by atoms with Crippen LogP contribution in [0, 0.1) is 5.82 Å². The first-order chi connectivity index (χ1) is 6.24. The molecule has 1 aromatic rings. The van der Waals surface area contributed by atoms with Crippen molar-refractivity contribution in [2.24, 2.45) is 0 Å². The van der Waals surface area contributed by atoms with Crippen LogP contribution in [0.4, 0.5) is 4.39 Å². The molecule has 0 spiro atoms. The Morgan fingerprint density at radius 1 is 1.38 bits per heavy atom. The summed E-state index contributed by atoms with van der Waals surface area (Å²) in [4.78, 5) is 0. The van der Waals surface area contributed by atoms with Crippen molar-refractivity contribution in [3.63, 3.8) is 0 Å². The highest BCUT2D eigenvalue weighted by molar-refractivity contribution is 5.23. The molecule has 0 aliphatic heterocycles. The Kier molecular flexibility index (Phi) is 3.67. The normalized spacial score (nSPS) is 12.5. The zero-order valence-corrected chi connectivity index (χ0v) is 6.98. The Bertz CT molecular complexity index is 265. The number of ether oxygens (including phenoxy) is 1. The summed E-state index contributed by atoms with van der Waals surface area (Å²) in [6, 6.07) is 5.90. The molecule has 0 fully saturated rings. The van der Waals surface area contributed by atoms with Crippen LogP contribution in [0.3, 0.4) is 0 Å². The van der Waals surface area contributed by atoms with Gasteiger partial charge in [0.15, 0.2) is 11.6 Å². The molecule has 0 aliphatic carbocycles. The van der Waals surface area contributed by atoms with E-state index in [-0.39, 0.29) is 12.4 Å². The van der Waals surface area contributed by atoms with E-state index in [4.69, 9.17) is 14.9 Å². The van der Waals surface area contributed by atoms with Crippen LogP contribution in [-0.4, -0.2) is 29.5 Å². The molecule has 0 radical (unpaired) electrons. The molecule has 1 atom stereocenters. The first-order valence-corrected chi connectivity index (χ1v) is 3.90. The van der Waals surface area contributed by atoms with Gasteiger partial charge in [0.2, 0.25) is 0 Å². The van der Waals surface area contributed by atoms with Crippen LogP contribution >= 0.6 is 0 Å². The van der Waals surface area contributed by atoms with Gasteiger partial charge in [0.1, 0.15) is 12.7 Å². The summed E-state index contributed by atoms with van der Waals surface area (Å²) < 4.78 is 17.8. The molecule has 2 N–H and O–H groups in total. The molecule has 0 amide bonds. The number of hydrogen-bond acceptors (Lipinski definition) is 3. The average molecular weight is 186 g/mol. The molecule has 3 nitrogen and oxygen atoms in total. The van der Waals surface area contributed by atoms with Gasteiger partial charge in [-0.1, -0.05) is 12.1 Å². The van der Waals surface area contributed by atoms with Gasteiger partial charge in [-0.15, -0.1) is 0 Å². The fourth-order valence-corrected chi connectivity index (χ4v) is 0.800. The van der Waals surface area contributed by atoms with E-state index in [9.17, 15) is 4.39 Å². The zero-order chi connectivity index (χ0) is 9.68. The zero-order valence-electron chi connectivity index (χ0n) is 6.98. The van der Waals surface area contributed by atoms with E-state index in [2.05, 4.69) is 0 Å². The number of halogens is 1. The number of aliphatic hydroxyl groups excluding tert-OH is 2. The van der Waals surface area contributed by atoms with Gasteiger partial charge in [-0.3, -0.25) is 0 Å². The standard InChI is InChI=1S/C9H11FO3/c10-8-3-1-2-4-9(8)13-6-7(12)5-11/h1-4,7,11-12H,5-6H2. The van der Waals surface area contributed by atoms with Crippen LogP contribution in [0.25, 0.3) is 0 Å². The van der Waals surface area contributed by atoms with Crippen molar-refractivity contribution < 1.29 is 19.3 Å². The number of para-hydroxylation sites is 1. The van der Waals surface area contributed by atoms with E-state index in [1.165, 1.54) is 12.1 Å². The summed E-state index contributed by atoms with van der Waals surface area (Å²) in [7, 11) is 0. The SMILES string of the molecule is OCC(O)COc1ccccc1F. The summed E-state index contributed by atoms with van der Waals surface area (Å²) in [6.07, 6.45) is -0.973. The van der Waals surface area contributed by atoms with E-state index in [0.717, 1.165) is 0 Å². The maximum absolute atomic E-state index is 12.9. The van der Waals surface area contributed by atoms with E-state index >= 15 is 0 Å². The molecule has 1 unspecified atom stereocenters. The lowest BCUT2D eigenvalue weighted by molar-refractivity contribution is 0.0523. The van der Waals surface area contributed by atoms with E-state index in [1.54, 1.807) is 12.1 Å². The largest absolute Gasteiger partial charge is 0.488 e. The molecule has 0 heterocycles. The van der Waals surface area contributed by atoms with Crippen molar-refractivity contribution in [1.29, 1.82) is 0 Å². The van der Waals surface area contributed by atoms with Crippen LogP contribution in [-0.2, 0) is 0 Å². The summed E-state index contributed by atoms with van der Waals surface area (Å²) in [5, 5.41) is 17.4. The van der Waals surface area contributed by atoms with Crippen molar-refractivity contribution >= 4 is 0 Å². The fourth-order valence-electron chi connectivity index (χ4n) is 0.800. The molecular weight excluding hydrogens is 175 g/mol. The van der Waals surface area contributed by atoms with Crippen LogP contribution in [0.2, 0.25) is 0 Å². The smallest absolute Gasteiger partial charge is 0.165 e. The van der Waals surface area contributed by atoms with Crippen LogP contribution in [0.5, 0.6) is 5.75 Å². The second-order valence-electron chi connectivity index (χ2n) is 2.58. The number of aliphatic hydroxyl groups is 2. The molecule has 1 rings (SSSR count). The molecule has 0 saturated heterocycles. The average Bonchev–Trinajstić information content (AvgIpc) is 2.16. The Balaban J connectivity index is 2.50. The van der Waals surface area contributed by atoms with Gasteiger partial charge in [-0.2, -0.15) is 0 Å². The fraction of sp³-hybridized carbons (Fsp3) is 0.333. The summed E-state index contributed by atoms with van der Waals surface area (Å²) in [5.41, 5.74) is 0. The minimum absolute atomic E-state index is 0.0787. The van der Waals surface area contributed by atoms with E-state index in [0.29, 0.717) is 0 Å². The highest BCUT2D eigenvalue weighted by Gasteiger charge is 2.05.